The van der Waals surface area contributed by atoms with Gasteiger partial charge in [0.1, 0.15) is 79.3 Å². The van der Waals surface area contributed by atoms with Crippen LogP contribution in [0.1, 0.15) is 131 Å². The predicted molar refractivity (Wildman–Crippen MR) is 466 cm³/mol. The molecule has 654 valence electrons. The zero-order valence-corrected chi connectivity index (χ0v) is 70.9. The van der Waals surface area contributed by atoms with Gasteiger partial charge in [0.2, 0.25) is 24.3 Å². The summed E-state index contributed by atoms with van der Waals surface area (Å²) in [5, 5.41) is 10.8. The number of nitrogens with one attached hydrogen (secondary N) is 5. The van der Waals surface area contributed by atoms with E-state index in [-0.39, 0.29) is 138 Å². The average Bonchev–Trinajstić information content (AvgIpc) is 1.75. The number of benzene rings is 8. The number of fused-ring (bicyclic) bond motifs is 7. The molecule has 0 bridgehead atoms. The molecule has 0 saturated carbocycles. The van der Waals surface area contributed by atoms with Crippen molar-refractivity contribution in [1.29, 1.82) is 0 Å². The number of rotatable bonds is 38. The van der Waals surface area contributed by atoms with Gasteiger partial charge in [0.05, 0.1) is 46.3 Å². The van der Waals surface area contributed by atoms with Crippen molar-refractivity contribution in [3.63, 3.8) is 0 Å². The number of aromatic nitrogens is 6. The topological polar surface area (TPSA) is 375 Å². The first-order valence-corrected chi connectivity index (χ1v) is 42.6. The number of esters is 1. The van der Waals surface area contributed by atoms with Gasteiger partial charge in [-0.3, -0.25) is 43.4 Å². The van der Waals surface area contributed by atoms with E-state index in [0.29, 0.717) is 39.3 Å². The molecule has 7 atom stereocenters. The Morgan fingerprint density at radius 2 is 1.17 bits per heavy atom. The molecule has 8 aromatic carbocycles. The minimum absolute atomic E-state index is 0.00714. The van der Waals surface area contributed by atoms with Crippen LogP contribution in [0.4, 0.5) is 21.4 Å². The molecule has 0 spiro atoms. The number of alkyl carbamates (subject to hydrolysis) is 1. The number of ketones is 1. The largest absolute Gasteiger partial charge is 0.497 e. The van der Waals surface area contributed by atoms with Crippen LogP contribution in [0, 0.1) is 6.57 Å². The Morgan fingerprint density at radius 3 is 1.77 bits per heavy atom. The molecular formula is C94H93N12O20P. The van der Waals surface area contributed by atoms with Crippen molar-refractivity contribution < 1.29 is 85.0 Å². The Balaban J connectivity index is 0.619. The van der Waals surface area contributed by atoms with Gasteiger partial charge >= 0.3 is 32.4 Å². The summed E-state index contributed by atoms with van der Waals surface area (Å²) in [5.41, 5.74) is 8.81. The van der Waals surface area contributed by atoms with Crippen LogP contribution in [0.2, 0.25) is 0 Å². The van der Waals surface area contributed by atoms with Gasteiger partial charge < -0.3 is 82.0 Å². The van der Waals surface area contributed by atoms with Crippen molar-refractivity contribution in [3.8, 4) is 33.8 Å². The number of Topliss-reactive ketones (excluding diaryl/α,β-unsaturated/α-hetero) is 1. The van der Waals surface area contributed by atoms with Crippen LogP contribution < -0.4 is 42.0 Å². The van der Waals surface area contributed by atoms with Gasteiger partial charge in [0.25, 0.3) is 11.5 Å². The smallest absolute Gasteiger partial charge is 0.409 e. The van der Waals surface area contributed by atoms with Crippen LogP contribution in [0.25, 0.3) is 38.3 Å². The van der Waals surface area contributed by atoms with Gasteiger partial charge in [0, 0.05) is 82.4 Å². The number of carbonyl (C=O) groups excluding carboxylic acids is 7. The molecule has 2 aliphatic carbocycles. The molecule has 127 heavy (non-hydrogen) atoms. The fourth-order valence-electron chi connectivity index (χ4n) is 16.1. The Kier molecular flexibility index (Phi) is 28.5. The van der Waals surface area contributed by atoms with E-state index in [1.165, 1.54) is 39.5 Å². The molecule has 32 nitrogen and oxygen atoms in total. The number of hydrogen-bond donors (Lipinski definition) is 5. The van der Waals surface area contributed by atoms with Gasteiger partial charge in [-0.25, -0.2) is 25.9 Å². The Bertz CT molecular complexity index is 5830. The van der Waals surface area contributed by atoms with E-state index >= 15 is 0 Å². The second kappa shape index (κ2) is 41.0. The van der Waals surface area contributed by atoms with Crippen LogP contribution in [-0.2, 0) is 73.3 Å². The molecule has 5 amide bonds. The van der Waals surface area contributed by atoms with E-state index in [0.717, 1.165) is 44.5 Å². The van der Waals surface area contributed by atoms with E-state index in [2.05, 4.69) is 70.3 Å². The molecule has 2 fully saturated rings. The van der Waals surface area contributed by atoms with Crippen LogP contribution in [0.5, 0.6) is 11.5 Å². The number of H-pyrrole nitrogens is 1. The first-order chi connectivity index (χ1) is 61.8. The lowest BCUT2D eigenvalue weighted by Gasteiger charge is -2.37. The number of nitrogens with zero attached hydrogens (tertiary/aromatic N) is 7. The van der Waals surface area contributed by atoms with Crippen LogP contribution in [-0.4, -0.2) is 174 Å². The fraction of sp³-hybridized carbons (Fsp3) is 0.309. The maximum atomic E-state index is 14.0. The summed E-state index contributed by atoms with van der Waals surface area (Å²) >= 11 is 0. The minimum atomic E-state index is -2.56. The third kappa shape index (κ3) is 20.8. The van der Waals surface area contributed by atoms with Crippen molar-refractivity contribution >= 4 is 73.2 Å². The fourth-order valence-corrected chi connectivity index (χ4v) is 17.3. The highest BCUT2D eigenvalue weighted by Gasteiger charge is 2.47. The van der Waals surface area contributed by atoms with Crippen molar-refractivity contribution in [3.05, 3.63) is 301 Å². The molecule has 2 aliphatic heterocycles. The molecule has 3 aromatic heterocycles. The van der Waals surface area contributed by atoms with Crippen molar-refractivity contribution in [1.82, 2.24) is 44.6 Å². The van der Waals surface area contributed by atoms with Crippen LogP contribution in [0.3, 0.4) is 0 Å². The summed E-state index contributed by atoms with van der Waals surface area (Å²) in [6, 6.07) is 64.5. The molecule has 33 heteroatoms. The average molecular weight is 1740 g/mol. The first-order valence-electron chi connectivity index (χ1n) is 41.5. The Hall–Kier alpha value is -13.6. The lowest BCUT2D eigenvalue weighted by atomic mass is 9.80. The number of methoxy groups -OCH3 is 2. The second-order valence-electron chi connectivity index (χ2n) is 30.7. The van der Waals surface area contributed by atoms with Gasteiger partial charge in [-0.05, 0) is 123 Å². The minimum Gasteiger partial charge on any atom is -0.497 e. The summed E-state index contributed by atoms with van der Waals surface area (Å²) in [6.07, 6.45) is -5.51. The molecule has 4 aliphatic rings. The van der Waals surface area contributed by atoms with Gasteiger partial charge in [0.15, 0.2) is 11.2 Å². The number of ether oxygens (including phenoxy) is 8. The maximum absolute atomic E-state index is 14.0. The lowest BCUT2D eigenvalue weighted by Crippen LogP contribution is -2.38. The zero-order valence-electron chi connectivity index (χ0n) is 70.0. The monoisotopic (exact) mass is 1740 g/mol. The molecular weight excluding hydrogens is 1650 g/mol. The first kappa shape index (κ1) is 88.2. The number of hydrogen-bond acceptors (Lipinski definition) is 23. The third-order valence-electron chi connectivity index (χ3n) is 22.5. The summed E-state index contributed by atoms with van der Waals surface area (Å²) in [4.78, 5) is 141. The molecule has 0 radical (unpaired) electrons. The molecule has 2 saturated heterocycles. The number of carbonyl (C=O) groups is 7. The van der Waals surface area contributed by atoms with Crippen LogP contribution >= 0.6 is 8.60 Å². The van der Waals surface area contributed by atoms with Crippen molar-refractivity contribution in [2.75, 3.05) is 84.6 Å². The van der Waals surface area contributed by atoms with E-state index in [9.17, 15) is 43.2 Å². The van der Waals surface area contributed by atoms with E-state index in [1.54, 1.807) is 45.5 Å². The van der Waals surface area contributed by atoms with E-state index in [4.69, 9.17) is 58.0 Å². The third-order valence-corrected chi connectivity index (χ3v) is 23.7. The predicted octanol–water partition coefficient (Wildman–Crippen LogP) is 13.2. The highest BCUT2D eigenvalue weighted by molar-refractivity contribution is 7.41. The normalized spacial score (nSPS) is 17.0. The van der Waals surface area contributed by atoms with Gasteiger partial charge in [-0.1, -0.05) is 164 Å². The van der Waals surface area contributed by atoms with Crippen molar-refractivity contribution in [2.45, 2.75) is 113 Å². The Labute approximate surface area is 731 Å². The molecule has 11 aromatic rings. The second-order valence-corrected chi connectivity index (χ2v) is 31.9. The summed E-state index contributed by atoms with van der Waals surface area (Å²) in [6.45, 7) is 8.57. The number of anilines is 2. The SMILES string of the molecule is [C-]#[N+]CCOP(OC[C@H]1O[C@@H](n2ccc(NC(=O)CCCN(C)C(=O)OCC3c4ccccc4-c4ccccc43)nc2=O)CC1OC(=O)CCC(C)=O)OC1C[C@H](n2cnc3c(=O)[nH]c(NC(=O)CCNC(=O)c4ccc(CNC(=O)OCC5c6ccccc6-c6ccccc65)cc4)nc32)O[C@@H]1COC(c1ccccc1)(c1ccc(OC)cc1)c1ccc(OC)cc1. The standard InChI is InChI=1S/C94H93N12O20P/c1-58(107)29-42-85(110)125-76-50-83(105-48-44-80(100-91(105)113)99-81(108)28-17-47-104(3)93(115)119-54-75-72-26-15-11-22-68(72)69-23-12-16-27-73(69)75)124-79(76)56-122-127(121-49-46-95-2)126-77-51-84(123-78(77)55-120-94(61-18-7-6-8-19-61,62-34-38-64(116-4)39-35-62)63-36-40-65(117-5)41-37-63)106-57-98-86-87(106)102-90(103-89(86)112)101-82(109)43-45-96-88(111)60-32-30-59(31-33-60)52-97-92(114)118-53-74-70-24-13-9-20-66(70)67-21-10-14-25-71(67)74/h6-16,18-27,30-41,44,48,57,74-79,83-84H,17,28-29,42-43,45-47,49-56H2,1,3-5H3,(H,96,111)(H,97,114)(H,99,100,108,113)(H2,101,102,103,109,112)/t76?,77?,78-,79-,83-,84-,127?/m1/s1. The zero-order chi connectivity index (χ0) is 88.5. The molecule has 3 unspecified atom stereocenters. The summed E-state index contributed by atoms with van der Waals surface area (Å²) in [7, 11) is 2.16. The number of amides is 5. The number of imidazole rings is 1. The molecule has 15 rings (SSSR count). The van der Waals surface area contributed by atoms with Gasteiger partial charge in [-0.15, -0.1) is 0 Å². The highest BCUT2D eigenvalue weighted by atomic mass is 31.2. The quantitative estimate of drug-likeness (QED) is 0.00599. The highest BCUT2D eigenvalue weighted by Crippen LogP contribution is 2.50. The maximum Gasteiger partial charge on any atom is 0.409 e. The summed E-state index contributed by atoms with van der Waals surface area (Å²) < 4.78 is 72.1. The summed E-state index contributed by atoms with van der Waals surface area (Å²) in [5.74, 6) is -1.92. The van der Waals surface area contributed by atoms with E-state index < -0.39 is 105 Å². The number of aromatic amines is 1. The lowest BCUT2D eigenvalue weighted by molar-refractivity contribution is -0.153. The Morgan fingerprint density at radius 1 is 0.606 bits per heavy atom. The molecule has 5 N–H and O–H groups in total. The van der Waals surface area contributed by atoms with Crippen LogP contribution in [0.15, 0.2) is 228 Å². The molecule has 5 heterocycles. The van der Waals surface area contributed by atoms with E-state index in [1.807, 2.05) is 152 Å². The van der Waals surface area contributed by atoms with Crippen molar-refractivity contribution in [2.24, 2.45) is 0 Å². The van der Waals surface area contributed by atoms with Gasteiger partial charge in [-0.2, -0.15) is 9.97 Å².